The fraction of sp³-hybridized carbons (Fsp3) is 0.632. The van der Waals surface area contributed by atoms with Crippen LogP contribution in [0.15, 0.2) is 24.3 Å². The Morgan fingerprint density at radius 1 is 1.25 bits per heavy atom. The molecule has 0 aliphatic carbocycles. The van der Waals surface area contributed by atoms with Gasteiger partial charge in [-0.15, -0.1) is 0 Å². The molecule has 0 aromatic heterocycles. The van der Waals surface area contributed by atoms with Crippen LogP contribution in [-0.2, 0) is 16.0 Å². The van der Waals surface area contributed by atoms with Gasteiger partial charge in [0.1, 0.15) is 11.4 Å². The van der Waals surface area contributed by atoms with Crippen molar-refractivity contribution in [2.45, 2.75) is 38.7 Å². The van der Waals surface area contributed by atoms with Gasteiger partial charge in [0.15, 0.2) is 0 Å². The summed E-state index contributed by atoms with van der Waals surface area (Å²) in [6.45, 7) is 7.24. The Morgan fingerprint density at radius 3 is 2.50 bits per heavy atom. The van der Waals surface area contributed by atoms with E-state index in [1.165, 1.54) is 5.56 Å². The lowest BCUT2D eigenvalue weighted by molar-refractivity contribution is -0.146. The second-order valence-electron chi connectivity index (χ2n) is 6.80. The molecule has 0 spiro atoms. The first kappa shape index (κ1) is 18.7. The van der Waals surface area contributed by atoms with Crippen molar-refractivity contribution in [3.8, 4) is 5.75 Å². The smallest absolute Gasteiger partial charge is 0.252 e. The minimum Gasteiger partial charge on any atom is -0.493 e. The molecule has 0 atom stereocenters. The minimum absolute atomic E-state index is 0.00314. The molecule has 1 saturated heterocycles. The molecule has 0 saturated carbocycles. The van der Waals surface area contributed by atoms with Crippen LogP contribution in [0, 0.1) is 5.92 Å². The number of hydrogen-bond acceptors (Lipinski definition) is 4. The van der Waals surface area contributed by atoms with Gasteiger partial charge in [-0.2, -0.15) is 0 Å². The van der Waals surface area contributed by atoms with Crippen molar-refractivity contribution in [2.24, 2.45) is 5.92 Å². The van der Waals surface area contributed by atoms with Gasteiger partial charge < -0.3 is 20.1 Å². The van der Waals surface area contributed by atoms with Gasteiger partial charge in [0.05, 0.1) is 6.61 Å². The maximum Gasteiger partial charge on any atom is 0.252 e. The third-order valence-electron chi connectivity index (χ3n) is 4.42. The average Bonchev–Trinajstić information content (AvgIpc) is 2.61. The molecule has 5 nitrogen and oxygen atoms in total. The van der Waals surface area contributed by atoms with E-state index in [2.05, 4.69) is 36.6 Å². The molecule has 1 aromatic rings. The SMILES string of the molecule is COC1(C(=O)NCCc2ccc(OCC(C)C)cc2)CCNCC1. The van der Waals surface area contributed by atoms with E-state index in [0.29, 0.717) is 12.5 Å². The zero-order valence-corrected chi connectivity index (χ0v) is 15.1. The van der Waals surface area contributed by atoms with Gasteiger partial charge in [-0.05, 0) is 56.0 Å². The summed E-state index contributed by atoms with van der Waals surface area (Å²) in [7, 11) is 1.63. The van der Waals surface area contributed by atoms with Gasteiger partial charge in [-0.25, -0.2) is 0 Å². The standard InChI is InChI=1S/C19H30N2O3/c1-15(2)14-24-17-6-4-16(5-7-17)8-11-21-18(22)19(23-3)9-12-20-13-10-19/h4-7,15,20H,8-14H2,1-3H3,(H,21,22). The monoisotopic (exact) mass is 334 g/mol. The quantitative estimate of drug-likeness (QED) is 0.765. The van der Waals surface area contributed by atoms with Crippen LogP contribution in [0.1, 0.15) is 32.3 Å². The highest BCUT2D eigenvalue weighted by Gasteiger charge is 2.39. The minimum atomic E-state index is -0.667. The molecule has 2 rings (SSSR count). The molecule has 134 valence electrons. The highest BCUT2D eigenvalue weighted by Crippen LogP contribution is 2.22. The van der Waals surface area contributed by atoms with Crippen molar-refractivity contribution in [3.05, 3.63) is 29.8 Å². The van der Waals surface area contributed by atoms with Crippen LogP contribution in [0.3, 0.4) is 0 Å². The lowest BCUT2D eigenvalue weighted by atomic mass is 9.91. The Labute approximate surface area is 145 Å². The third-order valence-corrected chi connectivity index (χ3v) is 4.42. The van der Waals surface area contributed by atoms with Crippen molar-refractivity contribution in [3.63, 3.8) is 0 Å². The van der Waals surface area contributed by atoms with Crippen LogP contribution >= 0.6 is 0 Å². The predicted molar refractivity (Wildman–Crippen MR) is 95.3 cm³/mol. The lowest BCUT2D eigenvalue weighted by Crippen LogP contribution is -2.54. The Bertz CT molecular complexity index is 508. The summed E-state index contributed by atoms with van der Waals surface area (Å²) < 4.78 is 11.2. The highest BCUT2D eigenvalue weighted by atomic mass is 16.5. The van der Waals surface area contributed by atoms with Crippen LogP contribution in [-0.4, -0.2) is 44.9 Å². The topological polar surface area (TPSA) is 59.6 Å². The fourth-order valence-corrected chi connectivity index (χ4v) is 2.85. The van der Waals surface area contributed by atoms with Gasteiger partial charge >= 0.3 is 0 Å². The van der Waals surface area contributed by atoms with Crippen LogP contribution < -0.4 is 15.4 Å². The second kappa shape index (κ2) is 9.04. The summed E-state index contributed by atoms with van der Waals surface area (Å²) in [4.78, 5) is 12.5. The number of nitrogens with one attached hydrogen (secondary N) is 2. The van der Waals surface area contributed by atoms with E-state index in [1.54, 1.807) is 7.11 Å². The van der Waals surface area contributed by atoms with Crippen LogP contribution in [0.5, 0.6) is 5.75 Å². The molecule has 5 heteroatoms. The van der Waals surface area contributed by atoms with Gasteiger partial charge in [0, 0.05) is 13.7 Å². The van der Waals surface area contributed by atoms with Crippen LogP contribution in [0.4, 0.5) is 0 Å². The number of hydrogen-bond donors (Lipinski definition) is 2. The summed E-state index contributed by atoms with van der Waals surface area (Å²) in [5.74, 6) is 1.41. The number of benzene rings is 1. The van der Waals surface area contributed by atoms with Crippen LogP contribution in [0.25, 0.3) is 0 Å². The van der Waals surface area contributed by atoms with Crippen molar-refractivity contribution in [2.75, 3.05) is 33.4 Å². The molecular formula is C19H30N2O3. The summed E-state index contributed by atoms with van der Waals surface area (Å²) in [6.07, 6.45) is 2.24. The van der Waals surface area contributed by atoms with Crippen molar-refractivity contribution in [1.29, 1.82) is 0 Å². The average molecular weight is 334 g/mol. The van der Waals surface area contributed by atoms with Gasteiger partial charge in [-0.1, -0.05) is 26.0 Å². The number of methoxy groups -OCH3 is 1. The fourth-order valence-electron chi connectivity index (χ4n) is 2.85. The third kappa shape index (κ3) is 5.21. The molecule has 0 radical (unpaired) electrons. The summed E-state index contributed by atoms with van der Waals surface area (Å²) in [5.41, 5.74) is 0.517. The molecule has 2 N–H and O–H groups in total. The number of rotatable bonds is 8. The first-order valence-corrected chi connectivity index (χ1v) is 8.81. The maximum absolute atomic E-state index is 12.5. The van der Waals surface area contributed by atoms with E-state index in [1.807, 2.05) is 12.1 Å². The summed E-state index contributed by atoms with van der Waals surface area (Å²) >= 11 is 0. The van der Waals surface area contributed by atoms with Crippen LogP contribution in [0.2, 0.25) is 0 Å². The Hall–Kier alpha value is -1.59. The van der Waals surface area contributed by atoms with Crippen molar-refractivity contribution < 1.29 is 14.3 Å². The number of amides is 1. The summed E-state index contributed by atoms with van der Waals surface area (Å²) in [6, 6.07) is 8.09. The van der Waals surface area contributed by atoms with Crippen molar-refractivity contribution >= 4 is 5.91 Å². The van der Waals surface area contributed by atoms with Gasteiger partial charge in [0.2, 0.25) is 0 Å². The molecular weight excluding hydrogens is 304 g/mol. The maximum atomic E-state index is 12.5. The largest absolute Gasteiger partial charge is 0.493 e. The zero-order valence-electron chi connectivity index (χ0n) is 15.1. The van der Waals surface area contributed by atoms with E-state index in [9.17, 15) is 4.79 Å². The van der Waals surface area contributed by atoms with E-state index < -0.39 is 5.60 Å². The number of carbonyl (C=O) groups is 1. The number of carbonyl (C=O) groups excluding carboxylic acids is 1. The van der Waals surface area contributed by atoms with E-state index >= 15 is 0 Å². The normalized spacial score (nSPS) is 16.8. The summed E-state index contributed by atoms with van der Waals surface area (Å²) in [5, 5.41) is 6.29. The van der Waals surface area contributed by atoms with E-state index in [0.717, 1.165) is 44.7 Å². The molecule has 1 fully saturated rings. The molecule has 1 aliphatic rings. The highest BCUT2D eigenvalue weighted by molar-refractivity contribution is 5.85. The molecule has 1 amide bonds. The molecule has 1 heterocycles. The second-order valence-corrected chi connectivity index (χ2v) is 6.80. The Balaban J connectivity index is 1.77. The van der Waals surface area contributed by atoms with Gasteiger partial charge in [-0.3, -0.25) is 4.79 Å². The molecule has 24 heavy (non-hydrogen) atoms. The first-order valence-electron chi connectivity index (χ1n) is 8.81. The Morgan fingerprint density at radius 2 is 1.92 bits per heavy atom. The molecule has 1 aromatic carbocycles. The Kier molecular flexibility index (Phi) is 7.06. The van der Waals surface area contributed by atoms with E-state index in [4.69, 9.17) is 9.47 Å². The number of piperidine rings is 1. The molecule has 0 unspecified atom stereocenters. The van der Waals surface area contributed by atoms with Crippen molar-refractivity contribution in [1.82, 2.24) is 10.6 Å². The first-order chi connectivity index (χ1) is 11.6. The predicted octanol–water partition coefficient (Wildman–Crippen LogP) is 2.15. The van der Waals surface area contributed by atoms with E-state index in [-0.39, 0.29) is 5.91 Å². The van der Waals surface area contributed by atoms with Gasteiger partial charge in [0.25, 0.3) is 5.91 Å². The number of ether oxygens (including phenoxy) is 2. The molecule has 1 aliphatic heterocycles. The lowest BCUT2D eigenvalue weighted by Gasteiger charge is -2.34. The zero-order chi connectivity index (χ0) is 17.4. The molecule has 0 bridgehead atoms.